The summed E-state index contributed by atoms with van der Waals surface area (Å²) in [5.74, 6) is 3.11. The number of nitrogens with one attached hydrogen (secondary N) is 2. The summed E-state index contributed by atoms with van der Waals surface area (Å²) in [6.07, 6.45) is 2.84. The Morgan fingerprint density at radius 3 is 3.00 bits per heavy atom. The molecule has 1 atom stereocenters. The summed E-state index contributed by atoms with van der Waals surface area (Å²) in [7, 11) is 0. The van der Waals surface area contributed by atoms with E-state index in [2.05, 4.69) is 16.7 Å². The Kier molecular flexibility index (Phi) is 5.19. The van der Waals surface area contributed by atoms with Gasteiger partial charge in [0.05, 0.1) is 12.8 Å². The molecule has 1 aromatic carbocycles. The summed E-state index contributed by atoms with van der Waals surface area (Å²) in [6, 6.07) is 12.0. The number of furan rings is 1. The van der Waals surface area contributed by atoms with Gasteiger partial charge in [0, 0.05) is 23.9 Å². The van der Waals surface area contributed by atoms with Crippen LogP contribution in [-0.4, -0.2) is 23.5 Å². The van der Waals surface area contributed by atoms with Gasteiger partial charge < -0.3 is 15.1 Å². The van der Waals surface area contributed by atoms with Crippen molar-refractivity contribution >= 4 is 17.7 Å². The number of amides is 1. The smallest absolute Gasteiger partial charge is 0.251 e. The molecule has 116 valence electrons. The van der Waals surface area contributed by atoms with E-state index < -0.39 is 0 Å². The van der Waals surface area contributed by atoms with Gasteiger partial charge >= 0.3 is 0 Å². The average molecular weight is 316 g/mol. The second-order valence-electron chi connectivity index (χ2n) is 5.40. The monoisotopic (exact) mass is 316 g/mol. The molecule has 0 saturated carbocycles. The lowest BCUT2D eigenvalue weighted by atomic mass is 10.1. The quantitative estimate of drug-likeness (QED) is 0.860. The highest BCUT2D eigenvalue weighted by Gasteiger charge is 2.14. The molecular formula is C17H20N2O2S. The van der Waals surface area contributed by atoms with Crippen LogP contribution in [0.2, 0.25) is 0 Å². The normalized spacial score (nSPS) is 17.5. The molecule has 1 fully saturated rings. The Bertz CT molecular complexity index is 607. The van der Waals surface area contributed by atoms with E-state index in [0.717, 1.165) is 17.9 Å². The molecule has 2 aromatic rings. The summed E-state index contributed by atoms with van der Waals surface area (Å²) < 4.78 is 5.21. The molecule has 0 radical (unpaired) electrons. The van der Waals surface area contributed by atoms with Crippen LogP contribution in [0.3, 0.4) is 0 Å². The number of rotatable bonds is 6. The van der Waals surface area contributed by atoms with Crippen LogP contribution in [0, 0.1) is 0 Å². The van der Waals surface area contributed by atoms with E-state index in [1.54, 1.807) is 6.26 Å². The topological polar surface area (TPSA) is 54.3 Å². The van der Waals surface area contributed by atoms with Crippen molar-refractivity contribution in [3.05, 3.63) is 59.5 Å². The molecule has 3 rings (SSSR count). The first-order valence-electron chi connectivity index (χ1n) is 7.52. The van der Waals surface area contributed by atoms with Crippen LogP contribution in [0.15, 0.2) is 47.1 Å². The molecular weight excluding hydrogens is 296 g/mol. The number of benzene rings is 1. The van der Waals surface area contributed by atoms with Gasteiger partial charge in [-0.25, -0.2) is 0 Å². The fourth-order valence-electron chi connectivity index (χ4n) is 2.46. The molecule has 0 bridgehead atoms. The maximum Gasteiger partial charge on any atom is 0.251 e. The molecule has 0 unspecified atom stereocenters. The Hall–Kier alpha value is -1.72. The first kappa shape index (κ1) is 15.2. The molecule has 22 heavy (non-hydrogen) atoms. The van der Waals surface area contributed by atoms with Gasteiger partial charge in [-0.1, -0.05) is 12.1 Å². The van der Waals surface area contributed by atoms with E-state index in [0.29, 0.717) is 18.2 Å². The van der Waals surface area contributed by atoms with Crippen LogP contribution in [0.25, 0.3) is 0 Å². The zero-order chi connectivity index (χ0) is 15.2. The highest BCUT2D eigenvalue weighted by Crippen LogP contribution is 2.17. The van der Waals surface area contributed by atoms with Crippen molar-refractivity contribution in [2.24, 2.45) is 0 Å². The fraction of sp³-hybridized carbons (Fsp3) is 0.353. The molecule has 1 amide bonds. The Balaban J connectivity index is 1.54. The highest BCUT2D eigenvalue weighted by atomic mass is 32.2. The third-order valence-corrected chi connectivity index (χ3v) is 4.88. The minimum atomic E-state index is -0.0744. The van der Waals surface area contributed by atoms with Gasteiger partial charge in [-0.15, -0.1) is 0 Å². The summed E-state index contributed by atoms with van der Waals surface area (Å²) >= 11 is 2.00. The Morgan fingerprint density at radius 1 is 1.27 bits per heavy atom. The van der Waals surface area contributed by atoms with E-state index in [-0.39, 0.29) is 5.91 Å². The van der Waals surface area contributed by atoms with Crippen LogP contribution in [0.5, 0.6) is 0 Å². The third kappa shape index (κ3) is 4.15. The average Bonchev–Trinajstić information content (AvgIpc) is 3.24. The predicted octanol–water partition coefficient (Wildman–Crippen LogP) is 2.80. The Morgan fingerprint density at radius 2 is 2.23 bits per heavy atom. The van der Waals surface area contributed by atoms with Crippen LogP contribution in [-0.2, 0) is 13.1 Å². The fourth-order valence-corrected chi connectivity index (χ4v) is 3.65. The summed E-state index contributed by atoms with van der Waals surface area (Å²) in [5, 5.41) is 6.42. The van der Waals surface area contributed by atoms with Crippen molar-refractivity contribution in [1.82, 2.24) is 10.6 Å². The van der Waals surface area contributed by atoms with Gasteiger partial charge in [-0.05, 0) is 42.0 Å². The molecule has 5 heteroatoms. The van der Waals surface area contributed by atoms with Crippen molar-refractivity contribution in [1.29, 1.82) is 0 Å². The van der Waals surface area contributed by atoms with Crippen molar-refractivity contribution in [2.75, 3.05) is 11.5 Å². The summed E-state index contributed by atoms with van der Waals surface area (Å²) in [5.41, 5.74) is 1.83. The van der Waals surface area contributed by atoms with Crippen molar-refractivity contribution in [2.45, 2.75) is 25.6 Å². The molecule has 1 aromatic heterocycles. The number of hydrogen-bond donors (Lipinski definition) is 2. The highest BCUT2D eigenvalue weighted by molar-refractivity contribution is 7.99. The SMILES string of the molecule is O=C(NCc1ccco1)c1cccc(CN[C@H]2CCSC2)c1. The van der Waals surface area contributed by atoms with E-state index in [1.807, 2.05) is 42.1 Å². The zero-order valence-electron chi connectivity index (χ0n) is 12.4. The minimum absolute atomic E-state index is 0.0744. The first-order chi connectivity index (χ1) is 10.8. The molecule has 4 nitrogen and oxygen atoms in total. The maximum absolute atomic E-state index is 12.2. The third-order valence-electron chi connectivity index (χ3n) is 3.72. The van der Waals surface area contributed by atoms with E-state index in [4.69, 9.17) is 4.42 Å². The summed E-state index contributed by atoms with van der Waals surface area (Å²) in [4.78, 5) is 12.2. The van der Waals surface area contributed by atoms with Crippen molar-refractivity contribution in [3.63, 3.8) is 0 Å². The lowest BCUT2D eigenvalue weighted by Gasteiger charge is -2.12. The van der Waals surface area contributed by atoms with Crippen LogP contribution in [0.1, 0.15) is 28.1 Å². The molecule has 2 N–H and O–H groups in total. The second kappa shape index (κ2) is 7.51. The molecule has 0 aliphatic carbocycles. The van der Waals surface area contributed by atoms with Crippen molar-refractivity contribution < 1.29 is 9.21 Å². The molecule has 2 heterocycles. The largest absolute Gasteiger partial charge is 0.467 e. The van der Waals surface area contributed by atoms with E-state index in [9.17, 15) is 4.79 Å². The van der Waals surface area contributed by atoms with E-state index >= 15 is 0 Å². The number of thioether (sulfide) groups is 1. The second-order valence-corrected chi connectivity index (χ2v) is 6.55. The van der Waals surface area contributed by atoms with E-state index in [1.165, 1.54) is 17.9 Å². The Labute approximate surface area is 134 Å². The lowest BCUT2D eigenvalue weighted by Crippen LogP contribution is -2.28. The zero-order valence-corrected chi connectivity index (χ0v) is 13.2. The minimum Gasteiger partial charge on any atom is -0.467 e. The van der Waals surface area contributed by atoms with Gasteiger partial charge in [0.1, 0.15) is 5.76 Å². The lowest BCUT2D eigenvalue weighted by molar-refractivity contribution is 0.0948. The number of carbonyl (C=O) groups is 1. The van der Waals surface area contributed by atoms with Gasteiger partial charge in [0.2, 0.25) is 0 Å². The predicted molar refractivity (Wildman–Crippen MR) is 88.9 cm³/mol. The van der Waals surface area contributed by atoms with Gasteiger partial charge in [0.15, 0.2) is 0 Å². The van der Waals surface area contributed by atoms with Gasteiger partial charge in [0.25, 0.3) is 5.91 Å². The maximum atomic E-state index is 12.2. The number of carbonyl (C=O) groups excluding carboxylic acids is 1. The standard InChI is InChI=1S/C17H20N2O2S/c20-17(19-11-16-5-2-7-21-16)14-4-1-3-13(9-14)10-18-15-6-8-22-12-15/h1-5,7,9,15,18H,6,8,10-12H2,(H,19,20)/t15-/m0/s1. The molecule has 1 aliphatic heterocycles. The van der Waals surface area contributed by atoms with Crippen molar-refractivity contribution in [3.8, 4) is 0 Å². The van der Waals surface area contributed by atoms with Crippen LogP contribution >= 0.6 is 11.8 Å². The van der Waals surface area contributed by atoms with Gasteiger partial charge in [-0.2, -0.15) is 11.8 Å². The molecule has 1 saturated heterocycles. The van der Waals surface area contributed by atoms with Gasteiger partial charge in [-0.3, -0.25) is 4.79 Å². The van der Waals surface area contributed by atoms with Crippen LogP contribution in [0.4, 0.5) is 0 Å². The number of hydrogen-bond acceptors (Lipinski definition) is 4. The molecule has 1 aliphatic rings. The van der Waals surface area contributed by atoms with Crippen LogP contribution < -0.4 is 10.6 Å². The molecule has 0 spiro atoms. The first-order valence-corrected chi connectivity index (χ1v) is 8.67. The summed E-state index contributed by atoms with van der Waals surface area (Å²) in [6.45, 7) is 1.22.